The number of fused-ring (bicyclic) bond motifs is 2. The molecule has 0 bridgehead atoms. The summed E-state index contributed by atoms with van der Waals surface area (Å²) in [4.78, 5) is 43.9. The Morgan fingerprint density at radius 3 is 1.71 bits per heavy atom. The maximum Gasteiger partial charge on any atom is 0.457 e. The molecule has 0 spiro atoms. The maximum atomic E-state index is 13.9. The van der Waals surface area contributed by atoms with Crippen LogP contribution in [0.2, 0.25) is 12.6 Å². The second-order valence-electron chi connectivity index (χ2n) is 21.3. The number of methoxy groups -OCH3 is 2. The van der Waals surface area contributed by atoms with Gasteiger partial charge >= 0.3 is 32.3 Å². The van der Waals surface area contributed by atoms with Crippen LogP contribution in [0.15, 0.2) is 60.7 Å². The number of rotatable bonds is 14. The lowest BCUT2D eigenvalue weighted by Gasteiger charge is -2.41. The molecular weight excluding hydrogens is 838 g/mol. The Labute approximate surface area is 395 Å². The molecule has 6 heterocycles. The predicted molar refractivity (Wildman–Crippen MR) is 256 cm³/mol. The Balaban J connectivity index is 0.000000245. The van der Waals surface area contributed by atoms with Crippen molar-refractivity contribution >= 4 is 32.3 Å². The van der Waals surface area contributed by atoms with Crippen LogP contribution >= 0.6 is 0 Å². The number of carbonyl (C=O) groups is 3. The first-order valence-electron chi connectivity index (χ1n) is 23.8. The third kappa shape index (κ3) is 9.58. The molecule has 14 nitrogen and oxygen atoms in total. The van der Waals surface area contributed by atoms with Gasteiger partial charge in [-0.3, -0.25) is 9.80 Å². The van der Waals surface area contributed by atoms with Gasteiger partial charge in [0, 0.05) is 50.1 Å². The van der Waals surface area contributed by atoms with Crippen molar-refractivity contribution in [3.8, 4) is 0 Å². The molecule has 2 aromatic carbocycles. The Bertz CT molecular complexity index is 1950. The summed E-state index contributed by atoms with van der Waals surface area (Å²) < 4.78 is 41.1. The van der Waals surface area contributed by atoms with Crippen LogP contribution in [0.25, 0.3) is 0 Å². The van der Waals surface area contributed by atoms with Crippen molar-refractivity contribution < 1.29 is 47.2 Å². The Morgan fingerprint density at radius 1 is 0.667 bits per heavy atom. The van der Waals surface area contributed by atoms with Gasteiger partial charge in [-0.15, -0.1) is 0 Å². The summed E-state index contributed by atoms with van der Waals surface area (Å²) in [6.45, 7) is 21.3. The monoisotopic (exact) mass is 917 g/mol. The summed E-state index contributed by atoms with van der Waals surface area (Å²) in [5.41, 5.74) is -1.54. The highest BCUT2D eigenvalue weighted by Crippen LogP contribution is 2.56. The van der Waals surface area contributed by atoms with E-state index in [1.807, 2.05) is 48.5 Å². The van der Waals surface area contributed by atoms with Crippen molar-refractivity contribution in [1.29, 1.82) is 0 Å². The van der Waals surface area contributed by atoms with Crippen LogP contribution in [0.5, 0.6) is 0 Å². The van der Waals surface area contributed by atoms with Gasteiger partial charge in [0.2, 0.25) is 0 Å². The molecule has 4 atom stereocenters. The highest BCUT2D eigenvalue weighted by atomic mass is 16.7. The van der Waals surface area contributed by atoms with E-state index in [1.165, 1.54) is 14.2 Å². The van der Waals surface area contributed by atoms with E-state index in [0.717, 1.165) is 62.6 Å². The van der Waals surface area contributed by atoms with Gasteiger partial charge in [-0.05, 0) is 111 Å². The van der Waals surface area contributed by atoms with Gasteiger partial charge in [0.05, 0.1) is 36.6 Å². The summed E-state index contributed by atoms with van der Waals surface area (Å²) in [7, 11) is 2.42. The smallest absolute Gasteiger partial charge is 0.457 e. The summed E-state index contributed by atoms with van der Waals surface area (Å²) in [6.07, 6.45) is 6.24. The highest BCUT2D eigenvalue weighted by molar-refractivity contribution is 6.45. The third-order valence-corrected chi connectivity index (χ3v) is 16.4. The molecule has 0 saturated carbocycles. The van der Waals surface area contributed by atoms with E-state index in [2.05, 4.69) is 83.1 Å². The standard InChI is InChI=1S/C32H43BN2O6.C17H31BN2O4.CH4/c1-29(2)30(3,4)41-33(40-29)19-12-17-31-18-20-35(28(37)39-22-26-15-10-7-11-16-26)32(31,27(36)38-5)24-34(23-31)21-25-13-8-6-9-14-25;1-14(2)15(3,4)24-18(23-14)9-6-7-16-8-10-20-17(16,12-19-11-16)13(21)22-5;/h6-11,13-16H,12,17-24H2,1-5H3;19-20H,6-12H2,1-5H3;1H4/t31-,32-;16-,17-;/m11./s1. The minimum Gasteiger partial charge on any atom is -0.468 e. The zero-order valence-electron chi connectivity index (χ0n) is 40.7. The summed E-state index contributed by atoms with van der Waals surface area (Å²) in [5, 5.41) is 6.83. The first kappa shape index (κ1) is 51.9. The van der Waals surface area contributed by atoms with Crippen LogP contribution in [0.1, 0.15) is 112 Å². The number of hydrogen-bond donors (Lipinski definition) is 2. The van der Waals surface area contributed by atoms with Crippen LogP contribution in [-0.4, -0.2) is 129 Å². The van der Waals surface area contributed by atoms with E-state index in [1.54, 1.807) is 4.90 Å². The van der Waals surface area contributed by atoms with Crippen LogP contribution in [0.3, 0.4) is 0 Å². The maximum absolute atomic E-state index is 13.9. The molecule has 0 radical (unpaired) electrons. The average Bonchev–Trinajstić information content (AvgIpc) is 4.05. The number of esters is 2. The van der Waals surface area contributed by atoms with Crippen LogP contribution in [0.4, 0.5) is 4.79 Å². The number of amides is 1. The van der Waals surface area contributed by atoms with Crippen molar-refractivity contribution in [1.82, 2.24) is 20.4 Å². The van der Waals surface area contributed by atoms with Gasteiger partial charge in [0.25, 0.3) is 0 Å². The van der Waals surface area contributed by atoms with Gasteiger partial charge in [0.15, 0.2) is 5.54 Å². The van der Waals surface area contributed by atoms with Gasteiger partial charge in [-0.25, -0.2) is 14.4 Å². The molecule has 6 aliphatic rings. The Hall–Kier alpha value is -3.50. The Kier molecular flexibility index (Phi) is 15.6. The molecule has 1 amide bonds. The SMILES string of the molecule is C.COC(=O)[C@]12CN(Cc3ccccc3)C[C@@]1(CCCB1OC(C)(C)C(C)(C)O1)CCN2C(=O)OCc1ccccc1.COC(=O)[C@]12CNC[C@@]1(CCCB1OC(C)(C)C(C)(C)O1)CCN2. The molecule has 2 N–H and O–H groups in total. The number of carbonyl (C=O) groups excluding carboxylic acids is 3. The number of likely N-dealkylation sites (tertiary alicyclic amines) is 2. The zero-order valence-corrected chi connectivity index (χ0v) is 40.7. The lowest BCUT2D eigenvalue weighted by Crippen LogP contribution is -2.62. The fourth-order valence-corrected chi connectivity index (χ4v) is 11.5. The van der Waals surface area contributed by atoms with E-state index < -0.39 is 33.8 Å². The minimum atomic E-state index is -1.14. The van der Waals surface area contributed by atoms with E-state index in [9.17, 15) is 14.4 Å². The normalized spacial score (nSPS) is 29.9. The van der Waals surface area contributed by atoms with Gasteiger partial charge in [-0.1, -0.05) is 80.9 Å². The van der Waals surface area contributed by atoms with Crippen LogP contribution < -0.4 is 10.6 Å². The second kappa shape index (κ2) is 19.8. The van der Waals surface area contributed by atoms with E-state index in [0.29, 0.717) is 45.5 Å². The highest BCUT2D eigenvalue weighted by Gasteiger charge is 2.70. The lowest BCUT2D eigenvalue weighted by atomic mass is 9.67. The zero-order chi connectivity index (χ0) is 46.9. The van der Waals surface area contributed by atoms with Crippen molar-refractivity contribution in [3.63, 3.8) is 0 Å². The van der Waals surface area contributed by atoms with E-state index in [4.69, 9.17) is 32.8 Å². The number of nitrogens with zero attached hydrogens (tertiary/aromatic N) is 2. The Morgan fingerprint density at radius 2 is 1.18 bits per heavy atom. The van der Waals surface area contributed by atoms with Gasteiger partial charge < -0.3 is 43.5 Å². The van der Waals surface area contributed by atoms with Crippen molar-refractivity contribution in [2.24, 2.45) is 10.8 Å². The lowest BCUT2D eigenvalue weighted by molar-refractivity contribution is -0.157. The number of nitrogens with one attached hydrogen (secondary N) is 2. The molecule has 66 heavy (non-hydrogen) atoms. The average molecular weight is 917 g/mol. The first-order chi connectivity index (χ1) is 30.7. The summed E-state index contributed by atoms with van der Waals surface area (Å²) in [6, 6.07) is 19.8. The topological polar surface area (TPSA) is 146 Å². The molecule has 0 aliphatic carbocycles. The fraction of sp³-hybridized carbons (Fsp3) is 0.700. The second-order valence-corrected chi connectivity index (χ2v) is 21.3. The first-order valence-corrected chi connectivity index (χ1v) is 23.8. The molecule has 6 saturated heterocycles. The predicted octanol–water partition coefficient (Wildman–Crippen LogP) is 7.30. The molecule has 2 aromatic rings. The molecule has 6 fully saturated rings. The molecule has 0 unspecified atom stereocenters. The van der Waals surface area contributed by atoms with Gasteiger partial charge in [-0.2, -0.15) is 0 Å². The quantitative estimate of drug-likeness (QED) is 0.111. The van der Waals surface area contributed by atoms with Crippen molar-refractivity contribution in [2.75, 3.05) is 53.5 Å². The summed E-state index contributed by atoms with van der Waals surface area (Å²) >= 11 is 0. The fourth-order valence-electron chi connectivity index (χ4n) is 11.5. The molecule has 8 rings (SSSR count). The summed E-state index contributed by atoms with van der Waals surface area (Å²) in [5.74, 6) is -0.515. The van der Waals surface area contributed by atoms with E-state index >= 15 is 0 Å². The molecular formula is C50H78B2N4O10. The largest absolute Gasteiger partial charge is 0.468 e. The number of ether oxygens (including phenoxy) is 3. The molecule has 0 aromatic heterocycles. The van der Waals surface area contributed by atoms with Crippen molar-refractivity contribution in [3.05, 3.63) is 71.8 Å². The molecule has 6 aliphatic heterocycles. The van der Waals surface area contributed by atoms with Crippen molar-refractivity contribution in [2.45, 2.75) is 161 Å². The van der Waals surface area contributed by atoms with Gasteiger partial charge in [0.1, 0.15) is 12.1 Å². The third-order valence-electron chi connectivity index (χ3n) is 16.4. The number of benzene rings is 2. The van der Waals surface area contributed by atoms with Crippen LogP contribution in [0, 0.1) is 10.8 Å². The molecule has 364 valence electrons. The minimum absolute atomic E-state index is 0. The van der Waals surface area contributed by atoms with E-state index in [-0.39, 0.29) is 56.8 Å². The number of hydrogen-bond acceptors (Lipinski definition) is 13. The van der Waals surface area contributed by atoms with Crippen LogP contribution in [-0.2, 0) is 55.6 Å². The molecule has 16 heteroatoms.